The number of methoxy groups -OCH3 is 1. The fourth-order valence-corrected chi connectivity index (χ4v) is 5.49. The summed E-state index contributed by atoms with van der Waals surface area (Å²) in [6, 6.07) is 21.8. The van der Waals surface area contributed by atoms with Gasteiger partial charge in [0.15, 0.2) is 0 Å². The number of rotatable bonds is 4. The predicted octanol–water partition coefficient (Wildman–Crippen LogP) is 4.69. The van der Waals surface area contributed by atoms with E-state index in [0.717, 1.165) is 41.8 Å². The monoisotopic (exact) mass is 513 g/mol. The summed E-state index contributed by atoms with van der Waals surface area (Å²) in [7, 11) is 1.64. The van der Waals surface area contributed by atoms with Gasteiger partial charge in [-0.05, 0) is 73.5 Å². The van der Waals surface area contributed by atoms with E-state index in [4.69, 9.17) is 4.74 Å². The summed E-state index contributed by atoms with van der Waals surface area (Å²) in [4.78, 5) is 17.2. The number of amides is 2. The van der Waals surface area contributed by atoms with Crippen LogP contribution in [0.3, 0.4) is 0 Å². The van der Waals surface area contributed by atoms with Gasteiger partial charge in [-0.15, -0.1) is 0 Å². The molecule has 0 aromatic heterocycles. The molecule has 2 fully saturated rings. The minimum Gasteiger partial charge on any atom is -0.497 e. The SMILES string of the molecule is COc1ccc(C#Cc2ccc([C@@H]3[C@H]4CN(C(=O)Nc5ccccc5F)CCCCN4[C@H]3CO)cc2)cc1. The number of hydrogen-bond donors (Lipinski definition) is 2. The summed E-state index contributed by atoms with van der Waals surface area (Å²) < 4.78 is 19.3. The number of aliphatic hydroxyl groups excluding tert-OH is 1. The van der Waals surface area contributed by atoms with Gasteiger partial charge in [0.05, 0.1) is 19.4 Å². The molecule has 3 atom stereocenters. The van der Waals surface area contributed by atoms with Crippen molar-refractivity contribution >= 4 is 11.7 Å². The summed E-state index contributed by atoms with van der Waals surface area (Å²) in [6.45, 7) is 2.07. The van der Waals surface area contributed by atoms with Crippen molar-refractivity contribution in [2.75, 3.05) is 38.7 Å². The first-order chi connectivity index (χ1) is 18.6. The summed E-state index contributed by atoms with van der Waals surface area (Å²) in [5, 5.41) is 12.9. The zero-order chi connectivity index (χ0) is 26.5. The van der Waals surface area contributed by atoms with Gasteiger partial charge in [-0.1, -0.05) is 36.1 Å². The molecule has 3 aromatic rings. The van der Waals surface area contributed by atoms with Crippen LogP contribution in [-0.2, 0) is 0 Å². The van der Waals surface area contributed by atoms with Gasteiger partial charge in [0.25, 0.3) is 0 Å². The van der Waals surface area contributed by atoms with E-state index in [1.807, 2.05) is 36.4 Å². The Bertz CT molecular complexity index is 1320. The van der Waals surface area contributed by atoms with Crippen molar-refractivity contribution in [3.05, 3.63) is 95.3 Å². The molecule has 38 heavy (non-hydrogen) atoms. The maximum Gasteiger partial charge on any atom is 0.321 e. The minimum atomic E-state index is -0.452. The Labute approximate surface area is 223 Å². The van der Waals surface area contributed by atoms with Crippen LogP contribution in [0.15, 0.2) is 72.8 Å². The molecule has 2 aliphatic rings. The van der Waals surface area contributed by atoms with Crippen LogP contribution in [-0.4, -0.2) is 66.4 Å². The third-order valence-corrected chi connectivity index (χ3v) is 7.51. The molecule has 2 amide bonds. The van der Waals surface area contributed by atoms with Crippen molar-refractivity contribution in [2.45, 2.75) is 30.8 Å². The second-order valence-electron chi connectivity index (χ2n) is 9.74. The summed E-state index contributed by atoms with van der Waals surface area (Å²) in [6.07, 6.45) is 1.79. The molecule has 0 spiro atoms. The number of carbonyl (C=O) groups is 1. The lowest BCUT2D eigenvalue weighted by Crippen LogP contribution is -2.68. The Morgan fingerprint density at radius 2 is 1.66 bits per heavy atom. The van der Waals surface area contributed by atoms with Crippen molar-refractivity contribution in [1.82, 2.24) is 9.80 Å². The van der Waals surface area contributed by atoms with Crippen LogP contribution in [0.1, 0.15) is 35.4 Å². The second kappa shape index (κ2) is 11.7. The third kappa shape index (κ3) is 5.52. The van der Waals surface area contributed by atoms with Crippen molar-refractivity contribution in [2.24, 2.45) is 0 Å². The van der Waals surface area contributed by atoms with Crippen molar-refractivity contribution in [3.8, 4) is 17.6 Å². The summed E-state index contributed by atoms with van der Waals surface area (Å²) in [5.74, 6) is 6.82. The first kappa shape index (κ1) is 25.8. The van der Waals surface area contributed by atoms with E-state index in [1.54, 1.807) is 30.2 Å². The van der Waals surface area contributed by atoms with Crippen LogP contribution < -0.4 is 10.1 Å². The highest BCUT2D eigenvalue weighted by Crippen LogP contribution is 2.42. The van der Waals surface area contributed by atoms with Crippen LogP contribution in [0.2, 0.25) is 0 Å². The Kier molecular flexibility index (Phi) is 7.92. The fourth-order valence-electron chi connectivity index (χ4n) is 5.49. The van der Waals surface area contributed by atoms with Gasteiger partial charge >= 0.3 is 6.03 Å². The first-order valence-electron chi connectivity index (χ1n) is 13.0. The Hall–Kier alpha value is -3.86. The Morgan fingerprint density at radius 3 is 2.32 bits per heavy atom. The molecule has 0 radical (unpaired) electrons. The van der Waals surface area contributed by atoms with Crippen LogP contribution in [0.5, 0.6) is 5.75 Å². The van der Waals surface area contributed by atoms with Crippen LogP contribution in [0.25, 0.3) is 0 Å². The minimum absolute atomic E-state index is 0.00538. The van der Waals surface area contributed by atoms with E-state index in [1.165, 1.54) is 6.07 Å². The lowest BCUT2D eigenvalue weighted by atomic mass is 9.74. The summed E-state index contributed by atoms with van der Waals surface area (Å²) >= 11 is 0. The molecule has 7 heteroatoms. The van der Waals surface area contributed by atoms with Gasteiger partial charge in [0.1, 0.15) is 11.6 Å². The fraction of sp³-hybridized carbons (Fsp3) is 0.323. The van der Waals surface area contributed by atoms with Gasteiger partial charge < -0.3 is 20.1 Å². The van der Waals surface area contributed by atoms with E-state index in [2.05, 4.69) is 34.2 Å². The molecule has 2 aliphatic heterocycles. The largest absolute Gasteiger partial charge is 0.497 e. The van der Waals surface area contributed by atoms with Gasteiger partial charge in [0.2, 0.25) is 0 Å². The number of nitrogens with zero attached hydrogens (tertiary/aromatic N) is 2. The van der Waals surface area contributed by atoms with E-state index in [0.29, 0.717) is 13.1 Å². The molecule has 6 nitrogen and oxygen atoms in total. The third-order valence-electron chi connectivity index (χ3n) is 7.51. The number of hydrogen-bond acceptors (Lipinski definition) is 4. The van der Waals surface area contributed by atoms with Crippen LogP contribution in [0, 0.1) is 17.7 Å². The van der Waals surface area contributed by atoms with Gasteiger partial charge in [0, 0.05) is 42.2 Å². The van der Waals surface area contributed by atoms with Crippen LogP contribution >= 0.6 is 0 Å². The molecule has 0 unspecified atom stereocenters. The number of para-hydroxylation sites is 1. The maximum atomic E-state index is 14.1. The zero-order valence-corrected chi connectivity index (χ0v) is 21.4. The number of benzene rings is 3. The van der Waals surface area contributed by atoms with Gasteiger partial charge in [-0.2, -0.15) is 0 Å². The number of anilines is 1. The van der Waals surface area contributed by atoms with E-state index < -0.39 is 5.82 Å². The van der Waals surface area contributed by atoms with Crippen molar-refractivity contribution in [1.29, 1.82) is 0 Å². The number of halogens is 1. The van der Waals surface area contributed by atoms with E-state index >= 15 is 0 Å². The smallest absolute Gasteiger partial charge is 0.321 e. The van der Waals surface area contributed by atoms with Crippen molar-refractivity contribution < 1.29 is 19.0 Å². The topological polar surface area (TPSA) is 65.0 Å². The lowest BCUT2D eigenvalue weighted by Gasteiger charge is -2.57. The molecule has 3 aromatic carbocycles. The first-order valence-corrected chi connectivity index (χ1v) is 13.0. The molecule has 2 saturated heterocycles. The highest BCUT2D eigenvalue weighted by Gasteiger charge is 2.49. The lowest BCUT2D eigenvalue weighted by molar-refractivity contribution is -0.0585. The molecular formula is C31H32FN3O3. The van der Waals surface area contributed by atoms with Crippen molar-refractivity contribution in [3.63, 3.8) is 0 Å². The molecule has 0 saturated carbocycles. The molecule has 196 valence electrons. The normalized spacial score (nSPS) is 21.1. The van der Waals surface area contributed by atoms with Crippen LogP contribution in [0.4, 0.5) is 14.9 Å². The number of aliphatic hydroxyl groups is 1. The quantitative estimate of drug-likeness (QED) is 0.497. The standard InChI is InChI=1S/C31H32FN3O3/c1-38-25-16-12-23(13-17-25)9-8-22-10-14-24(15-11-22)30-28-20-34(18-4-5-19-35(28)29(30)21-36)31(37)33-27-7-3-2-6-26(27)32/h2-3,6-7,10-17,28-30,36H,4-5,18-21H2,1H3,(H,33,37)/t28-,29+,30-/m1/s1. The highest BCUT2D eigenvalue weighted by atomic mass is 19.1. The Balaban J connectivity index is 1.31. The molecular weight excluding hydrogens is 481 g/mol. The number of carbonyl (C=O) groups excluding carboxylic acids is 1. The second-order valence-corrected chi connectivity index (χ2v) is 9.74. The summed E-state index contributed by atoms with van der Waals surface area (Å²) in [5.41, 5.74) is 3.12. The van der Waals surface area contributed by atoms with E-state index in [9.17, 15) is 14.3 Å². The van der Waals surface area contributed by atoms with E-state index in [-0.39, 0.29) is 36.3 Å². The number of fused-ring (bicyclic) bond motifs is 1. The average molecular weight is 514 g/mol. The molecule has 0 aliphatic carbocycles. The molecule has 2 N–H and O–H groups in total. The molecule has 5 rings (SSSR count). The number of ether oxygens (including phenoxy) is 1. The number of nitrogens with one attached hydrogen (secondary N) is 1. The molecule has 0 bridgehead atoms. The molecule has 2 heterocycles. The Morgan fingerprint density at radius 1 is 1.00 bits per heavy atom. The van der Waals surface area contributed by atoms with Gasteiger partial charge in [-0.3, -0.25) is 4.90 Å². The average Bonchev–Trinajstić information content (AvgIpc) is 2.93. The predicted molar refractivity (Wildman–Crippen MR) is 146 cm³/mol. The zero-order valence-electron chi connectivity index (χ0n) is 21.4. The maximum absolute atomic E-state index is 14.1. The van der Waals surface area contributed by atoms with Gasteiger partial charge in [-0.25, -0.2) is 9.18 Å². The number of urea groups is 1. The highest BCUT2D eigenvalue weighted by molar-refractivity contribution is 5.89.